The van der Waals surface area contributed by atoms with Crippen LogP contribution in [0.1, 0.15) is 38.3 Å². The Bertz CT molecular complexity index is 1120. The molecule has 10 nitrogen and oxygen atoms in total. The van der Waals surface area contributed by atoms with Gasteiger partial charge in [0.2, 0.25) is 5.75 Å². The van der Waals surface area contributed by atoms with Crippen molar-refractivity contribution in [1.82, 2.24) is 0 Å². The number of rotatable bonds is 7. The second-order valence-electron chi connectivity index (χ2n) is 7.90. The molecule has 2 rings (SSSR count). The van der Waals surface area contributed by atoms with E-state index in [2.05, 4.69) is 5.32 Å². The molecule has 0 unspecified atom stereocenters. The van der Waals surface area contributed by atoms with E-state index in [1.54, 1.807) is 0 Å². The first-order valence-corrected chi connectivity index (χ1v) is 9.27. The lowest BCUT2D eigenvalue weighted by molar-refractivity contribution is -0.385. The van der Waals surface area contributed by atoms with Gasteiger partial charge in [-0.2, -0.15) is 10.5 Å². The fourth-order valence-electron chi connectivity index (χ4n) is 3.10. The number of nitrogens with zero attached hydrogens (tertiary/aromatic N) is 4. The average molecular weight is 423 g/mol. The highest BCUT2D eigenvalue weighted by molar-refractivity contribution is 5.94. The summed E-state index contributed by atoms with van der Waals surface area (Å²) in [6.07, 6.45) is 0.650. The van der Waals surface area contributed by atoms with Gasteiger partial charge in [-0.1, -0.05) is 20.8 Å². The molecule has 0 saturated heterocycles. The molecule has 0 aromatic heterocycles. The van der Waals surface area contributed by atoms with Crippen molar-refractivity contribution >= 4 is 17.1 Å². The molecule has 10 heteroatoms. The maximum atomic E-state index is 11.7. The second-order valence-corrected chi connectivity index (χ2v) is 7.90. The smallest absolute Gasteiger partial charge is 0.311 e. The molecule has 1 N–H and O–H groups in total. The molecule has 0 atom stereocenters. The molecule has 0 heterocycles. The van der Waals surface area contributed by atoms with Crippen LogP contribution < -0.4 is 10.1 Å². The Balaban J connectivity index is 2.93. The summed E-state index contributed by atoms with van der Waals surface area (Å²) in [6.45, 7) is 6.36. The summed E-state index contributed by atoms with van der Waals surface area (Å²) in [4.78, 5) is 21.9. The van der Waals surface area contributed by atoms with Crippen molar-refractivity contribution in [3.63, 3.8) is 0 Å². The molecule has 0 amide bonds. The van der Waals surface area contributed by atoms with Crippen molar-refractivity contribution in [2.45, 2.75) is 27.2 Å². The average Bonchev–Trinajstić information content (AvgIpc) is 2.70. The zero-order valence-corrected chi connectivity index (χ0v) is 17.6. The van der Waals surface area contributed by atoms with Crippen LogP contribution >= 0.6 is 0 Å². The second kappa shape index (κ2) is 9.09. The summed E-state index contributed by atoms with van der Waals surface area (Å²) < 4.78 is 5.25. The minimum Gasteiger partial charge on any atom is -0.490 e. The van der Waals surface area contributed by atoms with Gasteiger partial charge in [0.05, 0.1) is 45.8 Å². The number of nitro groups is 2. The normalized spacial score (nSPS) is 10.6. The summed E-state index contributed by atoms with van der Waals surface area (Å²) in [5.74, 6) is -0.250. The van der Waals surface area contributed by atoms with E-state index in [0.717, 1.165) is 6.07 Å². The maximum Gasteiger partial charge on any atom is 0.311 e. The first-order valence-electron chi connectivity index (χ1n) is 9.27. The first kappa shape index (κ1) is 23.1. The fourth-order valence-corrected chi connectivity index (χ4v) is 3.10. The zero-order valence-electron chi connectivity index (χ0n) is 17.6. The van der Waals surface area contributed by atoms with Gasteiger partial charge in [0, 0.05) is 24.2 Å². The molecule has 0 spiro atoms. The summed E-state index contributed by atoms with van der Waals surface area (Å²) in [7, 11) is 1.20. The van der Waals surface area contributed by atoms with Crippen molar-refractivity contribution in [1.29, 1.82) is 10.5 Å². The number of nitro benzene ring substituents is 2. The van der Waals surface area contributed by atoms with Crippen LogP contribution in [-0.2, 0) is 0 Å². The van der Waals surface area contributed by atoms with Crippen LogP contribution in [-0.4, -0.2) is 23.5 Å². The van der Waals surface area contributed by atoms with E-state index in [0.29, 0.717) is 13.0 Å². The Morgan fingerprint density at radius 2 is 1.48 bits per heavy atom. The third-order valence-corrected chi connectivity index (χ3v) is 4.59. The molecule has 0 aliphatic carbocycles. The first-order chi connectivity index (χ1) is 14.6. The van der Waals surface area contributed by atoms with Gasteiger partial charge < -0.3 is 10.1 Å². The number of hydrogen-bond acceptors (Lipinski definition) is 8. The van der Waals surface area contributed by atoms with Crippen LogP contribution in [0, 0.1) is 48.3 Å². The zero-order chi connectivity index (χ0) is 23.3. The SMILES string of the molecule is COc1c([N+](=O)[O-])ccc(C#N)c1-c1c(C#N)ccc([N+](=O)[O-])c1NCCC(C)(C)C. The van der Waals surface area contributed by atoms with E-state index < -0.39 is 15.5 Å². The monoisotopic (exact) mass is 423 g/mol. The van der Waals surface area contributed by atoms with Gasteiger partial charge in [0.1, 0.15) is 5.69 Å². The van der Waals surface area contributed by atoms with Crippen LogP contribution in [0.4, 0.5) is 17.1 Å². The van der Waals surface area contributed by atoms with E-state index in [1.165, 1.54) is 25.3 Å². The van der Waals surface area contributed by atoms with Crippen molar-refractivity contribution < 1.29 is 14.6 Å². The maximum absolute atomic E-state index is 11.7. The third kappa shape index (κ3) is 4.87. The number of anilines is 1. The van der Waals surface area contributed by atoms with Gasteiger partial charge >= 0.3 is 5.69 Å². The largest absolute Gasteiger partial charge is 0.490 e. The van der Waals surface area contributed by atoms with Crippen molar-refractivity contribution in [3.8, 4) is 29.0 Å². The molecule has 0 bridgehead atoms. The van der Waals surface area contributed by atoms with Crippen LogP contribution in [0.2, 0.25) is 0 Å². The van der Waals surface area contributed by atoms with Gasteiger partial charge in [-0.15, -0.1) is 0 Å². The number of ether oxygens (including phenoxy) is 1. The summed E-state index contributed by atoms with van der Waals surface area (Å²) >= 11 is 0. The Morgan fingerprint density at radius 3 is 1.94 bits per heavy atom. The molecule has 0 fully saturated rings. The van der Waals surface area contributed by atoms with Crippen molar-refractivity contribution in [2.24, 2.45) is 5.41 Å². The van der Waals surface area contributed by atoms with Crippen LogP contribution in [0.3, 0.4) is 0 Å². The van der Waals surface area contributed by atoms with E-state index >= 15 is 0 Å². The Kier molecular flexibility index (Phi) is 6.78. The molecule has 2 aromatic carbocycles. The fraction of sp³-hybridized carbons (Fsp3) is 0.333. The van der Waals surface area contributed by atoms with Crippen LogP contribution in [0.15, 0.2) is 24.3 Å². The lowest BCUT2D eigenvalue weighted by Gasteiger charge is -2.21. The number of nitrogens with one attached hydrogen (secondary N) is 1. The number of nitriles is 2. The lowest BCUT2D eigenvalue weighted by atomic mass is 9.90. The number of hydrogen-bond donors (Lipinski definition) is 1. The van der Waals surface area contributed by atoms with Gasteiger partial charge in [-0.3, -0.25) is 20.2 Å². The number of methoxy groups -OCH3 is 1. The Hall–Kier alpha value is -4.18. The van der Waals surface area contributed by atoms with Gasteiger partial charge in [-0.25, -0.2) is 0 Å². The van der Waals surface area contributed by atoms with Crippen LogP contribution in [0.5, 0.6) is 5.75 Å². The highest BCUT2D eigenvalue weighted by atomic mass is 16.6. The van der Waals surface area contributed by atoms with Gasteiger partial charge in [-0.05, 0) is 24.0 Å². The molecule has 0 aliphatic rings. The molecule has 2 aromatic rings. The van der Waals surface area contributed by atoms with Crippen LogP contribution in [0.25, 0.3) is 11.1 Å². The quantitative estimate of drug-likeness (QED) is 0.493. The lowest BCUT2D eigenvalue weighted by Crippen LogP contribution is -2.14. The topological polar surface area (TPSA) is 155 Å². The summed E-state index contributed by atoms with van der Waals surface area (Å²) in [5, 5.41) is 45.6. The molecular formula is C21H21N5O5. The molecule has 0 aliphatic heterocycles. The van der Waals surface area contributed by atoms with Crippen molar-refractivity contribution in [3.05, 3.63) is 55.6 Å². The minimum atomic E-state index is -0.681. The molecule has 0 saturated carbocycles. The number of benzene rings is 2. The highest BCUT2D eigenvalue weighted by Gasteiger charge is 2.30. The highest BCUT2D eigenvalue weighted by Crippen LogP contribution is 2.47. The minimum absolute atomic E-state index is 0.00333. The summed E-state index contributed by atoms with van der Waals surface area (Å²) in [6, 6.07) is 8.69. The Labute approximate surface area is 179 Å². The molecule has 0 radical (unpaired) electrons. The van der Waals surface area contributed by atoms with Crippen molar-refractivity contribution in [2.75, 3.05) is 19.0 Å². The Morgan fingerprint density at radius 1 is 0.968 bits per heavy atom. The van der Waals surface area contributed by atoms with E-state index in [4.69, 9.17) is 4.74 Å². The summed E-state index contributed by atoms with van der Waals surface area (Å²) in [5.41, 5.74) is -0.843. The van der Waals surface area contributed by atoms with Gasteiger partial charge in [0.25, 0.3) is 5.69 Å². The molecular weight excluding hydrogens is 402 g/mol. The predicted molar refractivity (Wildman–Crippen MR) is 114 cm³/mol. The standard InChI is InChI=1S/C21H21N5O5/c1-21(2,3)9-10-24-19-15(25(27)28)7-5-13(11-22)17(19)18-14(12-23)6-8-16(26(29)30)20(18)31-4/h5-8,24H,9-10H2,1-4H3. The third-order valence-electron chi connectivity index (χ3n) is 4.59. The van der Waals surface area contributed by atoms with E-state index in [-0.39, 0.29) is 44.8 Å². The van der Waals surface area contributed by atoms with E-state index in [1.807, 2.05) is 32.9 Å². The van der Waals surface area contributed by atoms with Gasteiger partial charge in [0.15, 0.2) is 0 Å². The molecule has 160 valence electrons. The molecule has 31 heavy (non-hydrogen) atoms. The van der Waals surface area contributed by atoms with E-state index in [9.17, 15) is 30.8 Å². The predicted octanol–water partition coefficient (Wildman–Crippen LogP) is 4.77.